The maximum Gasteiger partial charge on any atom is 0.211 e. The van der Waals surface area contributed by atoms with Crippen molar-refractivity contribution in [2.45, 2.75) is 9.79 Å². The van der Waals surface area contributed by atoms with Crippen LogP contribution in [0, 0.1) is 0 Å². The Morgan fingerprint density at radius 2 is 1.83 bits per heavy atom. The fourth-order valence-corrected chi connectivity index (χ4v) is 2.63. The van der Waals surface area contributed by atoms with Crippen LogP contribution in [0.25, 0.3) is 0 Å². The number of hydrogen-bond donors (Lipinski definition) is 2. The van der Waals surface area contributed by atoms with E-state index in [2.05, 4.69) is 5.32 Å². The Balaban J connectivity index is 2.29. The van der Waals surface area contributed by atoms with E-state index < -0.39 is 11.2 Å². The van der Waals surface area contributed by atoms with Crippen molar-refractivity contribution in [3.05, 3.63) is 48.5 Å². The number of nitrogen functional groups attached to an aromatic ring is 1. The molecule has 0 fully saturated rings. The summed E-state index contributed by atoms with van der Waals surface area (Å²) >= 11 is -1.27. The molecule has 0 aromatic heterocycles. The van der Waals surface area contributed by atoms with Gasteiger partial charge in [-0.1, -0.05) is 18.2 Å². The Bertz CT molecular complexity index is 546. The van der Waals surface area contributed by atoms with E-state index in [0.29, 0.717) is 27.6 Å². The maximum absolute atomic E-state index is 12.2. The SMILES string of the molecule is Nc1cc([S+]([O-])c2ccccc2)ccc1NC=O. The molecule has 0 heterocycles. The molecule has 0 saturated heterocycles. The molecule has 2 aromatic rings. The number of amides is 1. The topological polar surface area (TPSA) is 78.2 Å². The van der Waals surface area contributed by atoms with Crippen LogP contribution in [-0.2, 0) is 16.0 Å². The van der Waals surface area contributed by atoms with Crippen molar-refractivity contribution >= 4 is 29.0 Å². The first-order valence-electron chi connectivity index (χ1n) is 5.29. The first-order valence-corrected chi connectivity index (χ1v) is 6.44. The van der Waals surface area contributed by atoms with Crippen LogP contribution in [0.4, 0.5) is 11.4 Å². The summed E-state index contributed by atoms with van der Waals surface area (Å²) < 4.78 is 12.2. The quantitative estimate of drug-likeness (QED) is 0.501. The molecule has 0 aliphatic rings. The lowest BCUT2D eigenvalue weighted by Crippen LogP contribution is -2.05. The third-order valence-electron chi connectivity index (χ3n) is 2.41. The van der Waals surface area contributed by atoms with E-state index in [1.807, 2.05) is 18.2 Å². The molecule has 4 nitrogen and oxygen atoms in total. The van der Waals surface area contributed by atoms with Crippen LogP contribution in [0.2, 0.25) is 0 Å². The normalized spacial score (nSPS) is 11.8. The number of nitrogens with two attached hydrogens (primary N) is 1. The molecular weight excluding hydrogens is 248 g/mol. The van der Waals surface area contributed by atoms with Gasteiger partial charge in [-0.25, -0.2) is 0 Å². The molecule has 0 radical (unpaired) electrons. The second kappa shape index (κ2) is 5.57. The molecule has 2 aromatic carbocycles. The van der Waals surface area contributed by atoms with Crippen LogP contribution < -0.4 is 11.1 Å². The highest BCUT2D eigenvalue weighted by molar-refractivity contribution is 7.91. The van der Waals surface area contributed by atoms with E-state index >= 15 is 0 Å². The van der Waals surface area contributed by atoms with Crippen molar-refractivity contribution in [3.63, 3.8) is 0 Å². The van der Waals surface area contributed by atoms with E-state index in [-0.39, 0.29) is 0 Å². The summed E-state index contributed by atoms with van der Waals surface area (Å²) in [4.78, 5) is 11.7. The predicted molar refractivity (Wildman–Crippen MR) is 71.7 cm³/mol. The third kappa shape index (κ3) is 2.64. The average molecular weight is 260 g/mol. The average Bonchev–Trinajstić information content (AvgIpc) is 2.41. The van der Waals surface area contributed by atoms with Crippen LogP contribution >= 0.6 is 0 Å². The molecule has 2 rings (SSSR count). The Morgan fingerprint density at radius 3 is 2.44 bits per heavy atom. The number of carbonyl (C=O) groups excluding carboxylic acids is 1. The molecule has 0 saturated carbocycles. The van der Waals surface area contributed by atoms with Gasteiger partial charge in [-0.05, 0) is 24.3 Å². The van der Waals surface area contributed by atoms with Gasteiger partial charge in [0.1, 0.15) is 0 Å². The van der Waals surface area contributed by atoms with Gasteiger partial charge >= 0.3 is 0 Å². The number of carbonyl (C=O) groups is 1. The molecule has 1 unspecified atom stereocenters. The van der Waals surface area contributed by atoms with Crippen LogP contribution in [0.5, 0.6) is 0 Å². The van der Waals surface area contributed by atoms with Crippen molar-refractivity contribution in [2.24, 2.45) is 0 Å². The van der Waals surface area contributed by atoms with Gasteiger partial charge in [0, 0.05) is 17.2 Å². The molecule has 18 heavy (non-hydrogen) atoms. The minimum absolute atomic E-state index is 0.392. The first kappa shape index (κ1) is 12.5. The van der Waals surface area contributed by atoms with Crippen LogP contribution in [0.15, 0.2) is 58.3 Å². The van der Waals surface area contributed by atoms with E-state index in [1.165, 1.54) is 0 Å². The van der Waals surface area contributed by atoms with Gasteiger partial charge in [-0.3, -0.25) is 4.79 Å². The summed E-state index contributed by atoms with van der Waals surface area (Å²) in [6, 6.07) is 14.1. The summed E-state index contributed by atoms with van der Waals surface area (Å²) in [5.74, 6) is 0. The second-order valence-corrected chi connectivity index (χ2v) is 5.07. The number of anilines is 2. The van der Waals surface area contributed by atoms with E-state index in [9.17, 15) is 9.35 Å². The van der Waals surface area contributed by atoms with E-state index in [4.69, 9.17) is 5.73 Å². The van der Waals surface area contributed by atoms with Gasteiger partial charge in [-0.15, -0.1) is 0 Å². The Kier molecular flexibility index (Phi) is 3.86. The van der Waals surface area contributed by atoms with Gasteiger partial charge in [-0.2, -0.15) is 0 Å². The Labute approximate surface area is 108 Å². The summed E-state index contributed by atoms with van der Waals surface area (Å²) in [6.07, 6.45) is 0.555. The fourth-order valence-electron chi connectivity index (χ4n) is 1.53. The molecule has 0 bridgehead atoms. The zero-order chi connectivity index (χ0) is 13.0. The van der Waals surface area contributed by atoms with E-state index in [1.54, 1.807) is 30.3 Å². The van der Waals surface area contributed by atoms with Crippen LogP contribution in [0.1, 0.15) is 0 Å². The molecule has 0 aliphatic heterocycles. The highest BCUT2D eigenvalue weighted by Gasteiger charge is 2.15. The third-order valence-corrected chi connectivity index (χ3v) is 3.79. The first-order chi connectivity index (χ1) is 8.72. The monoisotopic (exact) mass is 260 g/mol. The fraction of sp³-hybridized carbons (Fsp3) is 0. The van der Waals surface area contributed by atoms with Crippen molar-refractivity contribution in [1.82, 2.24) is 0 Å². The van der Waals surface area contributed by atoms with E-state index in [0.717, 1.165) is 0 Å². The number of rotatable bonds is 4. The number of nitrogens with one attached hydrogen (secondary N) is 1. The Morgan fingerprint density at radius 1 is 1.11 bits per heavy atom. The predicted octanol–water partition coefficient (Wildman–Crippen LogP) is 2.00. The molecule has 92 valence electrons. The van der Waals surface area contributed by atoms with Gasteiger partial charge in [0.15, 0.2) is 9.79 Å². The number of hydrogen-bond acceptors (Lipinski definition) is 3. The zero-order valence-electron chi connectivity index (χ0n) is 9.50. The van der Waals surface area contributed by atoms with Crippen LogP contribution in [-0.4, -0.2) is 11.0 Å². The molecule has 3 N–H and O–H groups in total. The minimum atomic E-state index is -1.27. The van der Waals surface area contributed by atoms with Crippen molar-refractivity contribution in [2.75, 3.05) is 11.1 Å². The largest absolute Gasteiger partial charge is 0.606 e. The van der Waals surface area contributed by atoms with Crippen molar-refractivity contribution < 1.29 is 9.35 Å². The summed E-state index contributed by atoms with van der Waals surface area (Å²) in [5, 5.41) is 2.48. The standard InChI is InChI=1S/C13H12N2O2S/c14-12-8-11(6-7-13(12)15-9-16)18(17)10-4-2-1-3-5-10/h1-9H,14H2,(H,15,16). The summed E-state index contributed by atoms with van der Waals surface area (Å²) in [5.41, 5.74) is 6.67. The maximum atomic E-state index is 12.2. The lowest BCUT2D eigenvalue weighted by Gasteiger charge is -2.11. The molecule has 1 atom stereocenters. The smallest absolute Gasteiger partial charge is 0.211 e. The lowest BCUT2D eigenvalue weighted by atomic mass is 10.3. The molecule has 1 amide bonds. The van der Waals surface area contributed by atoms with Crippen molar-refractivity contribution in [1.29, 1.82) is 0 Å². The molecular formula is C13H12N2O2S. The number of benzene rings is 2. The lowest BCUT2D eigenvalue weighted by molar-refractivity contribution is -0.105. The molecule has 5 heteroatoms. The molecule has 0 aliphatic carbocycles. The van der Waals surface area contributed by atoms with Gasteiger partial charge in [0.2, 0.25) is 6.41 Å². The second-order valence-electron chi connectivity index (χ2n) is 3.59. The van der Waals surface area contributed by atoms with Gasteiger partial charge in [0.05, 0.1) is 11.4 Å². The Hall–Kier alpha value is -1.98. The highest BCUT2D eigenvalue weighted by Crippen LogP contribution is 2.26. The van der Waals surface area contributed by atoms with Gasteiger partial charge < -0.3 is 15.6 Å². The molecule has 0 spiro atoms. The van der Waals surface area contributed by atoms with Crippen molar-refractivity contribution in [3.8, 4) is 0 Å². The summed E-state index contributed by atoms with van der Waals surface area (Å²) in [7, 11) is 0. The zero-order valence-corrected chi connectivity index (χ0v) is 10.3. The van der Waals surface area contributed by atoms with Gasteiger partial charge in [0.25, 0.3) is 0 Å². The highest BCUT2D eigenvalue weighted by atomic mass is 32.2. The minimum Gasteiger partial charge on any atom is -0.606 e. The van der Waals surface area contributed by atoms with Crippen LogP contribution in [0.3, 0.4) is 0 Å². The summed E-state index contributed by atoms with van der Waals surface area (Å²) in [6.45, 7) is 0.